The molecule has 2 N–H and O–H groups in total. The fourth-order valence-electron chi connectivity index (χ4n) is 4.67. The molecule has 0 bridgehead atoms. The van der Waals surface area contributed by atoms with Gasteiger partial charge in [0.2, 0.25) is 5.91 Å². The van der Waals surface area contributed by atoms with Gasteiger partial charge in [0.15, 0.2) is 0 Å². The molecule has 3 atom stereocenters. The molecule has 190 valence electrons. The number of rotatable bonds is 7. The molecule has 0 unspecified atom stereocenters. The highest BCUT2D eigenvalue weighted by Crippen LogP contribution is 2.47. The van der Waals surface area contributed by atoms with Crippen molar-refractivity contribution in [1.82, 2.24) is 4.98 Å². The summed E-state index contributed by atoms with van der Waals surface area (Å²) >= 11 is 1.37. The molecule has 0 aliphatic carbocycles. The number of thioether (sulfide) groups is 1. The second kappa shape index (κ2) is 10.7. The number of amides is 1. The summed E-state index contributed by atoms with van der Waals surface area (Å²) in [4.78, 5) is 19.4. The Kier molecular flexibility index (Phi) is 7.19. The number of aryl methyl sites for hydroxylation is 1. The minimum Gasteiger partial charge on any atom is -0.508 e. The number of β-lactam (4-membered cyclic amide) rings is 1. The number of benzene rings is 3. The third kappa shape index (κ3) is 5.01. The molecule has 3 aromatic carbocycles. The number of phenolic OH excluding ortho intramolecular Hbond substituents is 1. The Morgan fingerprint density at radius 1 is 1.05 bits per heavy atom. The van der Waals surface area contributed by atoms with Gasteiger partial charge in [0.25, 0.3) is 0 Å². The van der Waals surface area contributed by atoms with Gasteiger partial charge < -0.3 is 15.1 Å². The van der Waals surface area contributed by atoms with E-state index in [2.05, 4.69) is 10.9 Å². The van der Waals surface area contributed by atoms with Gasteiger partial charge in [-0.15, -0.1) is 18.2 Å². The molecule has 5 nitrogen and oxygen atoms in total. The monoisotopic (exact) mass is 524 g/mol. The molecule has 0 spiro atoms. The third-order valence-electron chi connectivity index (χ3n) is 6.69. The smallest absolute Gasteiger partial charge is 0.243 e. The summed E-state index contributed by atoms with van der Waals surface area (Å²) in [6.45, 7) is 1.90. The summed E-state index contributed by atoms with van der Waals surface area (Å²) in [5.41, 5.74) is 5.63. The number of pyridine rings is 1. The first-order chi connectivity index (χ1) is 18.4. The Balaban J connectivity index is 1.41. The van der Waals surface area contributed by atoms with Crippen LogP contribution in [0.2, 0.25) is 0 Å². The highest BCUT2D eigenvalue weighted by Gasteiger charge is 2.49. The number of aromatic nitrogens is 1. The number of anilines is 1. The number of aliphatic hydroxyl groups is 1. The number of hydrogen-bond donors (Lipinski definition) is 2. The van der Waals surface area contributed by atoms with Gasteiger partial charge >= 0.3 is 0 Å². The van der Waals surface area contributed by atoms with Crippen LogP contribution in [0.25, 0.3) is 11.1 Å². The lowest BCUT2D eigenvalue weighted by Gasteiger charge is -2.47. The number of terminal acetylenes is 1. The van der Waals surface area contributed by atoms with E-state index < -0.39 is 11.4 Å². The van der Waals surface area contributed by atoms with Gasteiger partial charge in [0.1, 0.15) is 16.8 Å². The Bertz CT molecular complexity index is 1520. The SMILES string of the molecule is C#Cc1cncc(-c2ccc(N3C(=O)[C@H](SC[C@H](O)c4ccc(F)cc4)[C@H]3c3ccc(O)cc3C)cc2)c1. The highest BCUT2D eigenvalue weighted by atomic mass is 32.2. The first-order valence-electron chi connectivity index (χ1n) is 12.1. The van der Waals surface area contributed by atoms with Crippen LogP contribution in [0.4, 0.5) is 10.1 Å². The average molecular weight is 525 g/mol. The molecular formula is C31H25FN2O3S. The molecule has 2 heterocycles. The second-order valence-corrected chi connectivity index (χ2v) is 10.3. The van der Waals surface area contributed by atoms with Crippen molar-refractivity contribution >= 4 is 23.4 Å². The van der Waals surface area contributed by atoms with Crippen LogP contribution in [0.5, 0.6) is 5.75 Å². The lowest BCUT2D eigenvalue weighted by molar-refractivity contribution is -0.123. The summed E-state index contributed by atoms with van der Waals surface area (Å²) in [7, 11) is 0. The molecule has 1 saturated heterocycles. The average Bonchev–Trinajstić information content (AvgIpc) is 2.93. The molecule has 1 aliphatic heterocycles. The fraction of sp³-hybridized carbons (Fsp3) is 0.161. The van der Waals surface area contributed by atoms with E-state index in [0.29, 0.717) is 11.1 Å². The van der Waals surface area contributed by atoms with Crippen molar-refractivity contribution in [3.8, 4) is 29.2 Å². The Morgan fingerprint density at radius 3 is 2.47 bits per heavy atom. The summed E-state index contributed by atoms with van der Waals surface area (Å²) in [5.74, 6) is 2.59. The maximum absolute atomic E-state index is 13.4. The molecule has 0 radical (unpaired) electrons. The van der Waals surface area contributed by atoms with Gasteiger partial charge in [-0.2, -0.15) is 0 Å². The van der Waals surface area contributed by atoms with Crippen molar-refractivity contribution < 1.29 is 19.4 Å². The summed E-state index contributed by atoms with van der Waals surface area (Å²) < 4.78 is 13.3. The van der Waals surface area contributed by atoms with E-state index in [1.807, 2.05) is 43.3 Å². The lowest BCUT2D eigenvalue weighted by atomic mass is 9.89. The van der Waals surface area contributed by atoms with E-state index in [1.165, 1.54) is 23.9 Å². The summed E-state index contributed by atoms with van der Waals surface area (Å²) in [6, 6.07) is 20.1. The molecule has 0 saturated carbocycles. The molecular weight excluding hydrogens is 499 g/mol. The number of hydrogen-bond acceptors (Lipinski definition) is 5. The first kappa shape index (κ1) is 25.5. The largest absolute Gasteiger partial charge is 0.508 e. The topological polar surface area (TPSA) is 73.7 Å². The fourth-order valence-corrected chi connectivity index (χ4v) is 5.96. The van der Waals surface area contributed by atoms with Crippen molar-refractivity contribution in [2.75, 3.05) is 10.7 Å². The van der Waals surface area contributed by atoms with E-state index in [1.54, 1.807) is 41.6 Å². The maximum Gasteiger partial charge on any atom is 0.243 e. The molecule has 5 rings (SSSR count). The Morgan fingerprint density at radius 2 is 1.79 bits per heavy atom. The quantitative estimate of drug-likeness (QED) is 0.236. The Hall–Kier alpha value is -4.12. The number of carbonyl (C=O) groups is 1. The van der Waals surface area contributed by atoms with E-state index in [4.69, 9.17) is 6.42 Å². The number of nitrogens with zero attached hydrogens (tertiary/aromatic N) is 2. The van der Waals surface area contributed by atoms with Crippen molar-refractivity contribution in [1.29, 1.82) is 0 Å². The standard InChI is InChI=1S/C31H25FN2O3S/c1-3-20-15-23(17-33-16-20)21-6-10-25(11-7-21)34-29(27-13-12-26(35)14-19(27)2)30(31(34)37)38-18-28(36)22-4-8-24(32)9-5-22/h1,4-17,28-30,35-36H,18H2,2H3/t28-,29+,30+/m0/s1. The van der Waals surface area contributed by atoms with E-state index >= 15 is 0 Å². The minimum absolute atomic E-state index is 0.0671. The number of aromatic hydroxyl groups is 1. The van der Waals surface area contributed by atoms with Crippen LogP contribution < -0.4 is 4.90 Å². The molecule has 38 heavy (non-hydrogen) atoms. The van der Waals surface area contributed by atoms with Gasteiger partial charge in [-0.05, 0) is 71.6 Å². The van der Waals surface area contributed by atoms with Gasteiger partial charge in [-0.3, -0.25) is 9.78 Å². The van der Waals surface area contributed by atoms with Crippen molar-refractivity contribution in [3.63, 3.8) is 0 Å². The molecule has 4 aromatic rings. The van der Waals surface area contributed by atoms with Gasteiger partial charge in [-0.25, -0.2) is 4.39 Å². The summed E-state index contributed by atoms with van der Waals surface area (Å²) in [5, 5.41) is 20.2. The van der Waals surface area contributed by atoms with Crippen molar-refractivity contribution in [2.45, 2.75) is 24.3 Å². The predicted molar refractivity (Wildman–Crippen MR) is 148 cm³/mol. The number of phenols is 1. The normalized spacial score (nSPS) is 17.5. The third-order valence-corrected chi connectivity index (χ3v) is 8.02. The molecule has 1 aliphatic rings. The number of halogens is 1. The van der Waals surface area contributed by atoms with Crippen LogP contribution in [0.3, 0.4) is 0 Å². The van der Waals surface area contributed by atoms with Crippen molar-refractivity contribution in [2.24, 2.45) is 0 Å². The second-order valence-electron chi connectivity index (χ2n) is 9.17. The Labute approximate surface area is 225 Å². The van der Waals surface area contributed by atoms with E-state index in [0.717, 1.165) is 27.9 Å². The summed E-state index contributed by atoms with van der Waals surface area (Å²) in [6.07, 6.45) is 8.04. The van der Waals surface area contributed by atoms with E-state index in [-0.39, 0.29) is 29.3 Å². The predicted octanol–water partition coefficient (Wildman–Crippen LogP) is 5.81. The maximum atomic E-state index is 13.4. The van der Waals surface area contributed by atoms with Gasteiger partial charge in [0.05, 0.1) is 12.1 Å². The van der Waals surface area contributed by atoms with Crippen LogP contribution in [-0.2, 0) is 4.79 Å². The van der Waals surface area contributed by atoms with Gasteiger partial charge in [0, 0.05) is 35.0 Å². The minimum atomic E-state index is -0.837. The molecule has 1 amide bonds. The number of aliphatic hydroxyl groups excluding tert-OH is 1. The molecule has 1 fully saturated rings. The van der Waals surface area contributed by atoms with Crippen LogP contribution in [0.1, 0.15) is 34.4 Å². The van der Waals surface area contributed by atoms with Gasteiger partial charge in [-0.1, -0.05) is 36.3 Å². The van der Waals surface area contributed by atoms with Crippen LogP contribution >= 0.6 is 11.8 Å². The van der Waals surface area contributed by atoms with Crippen LogP contribution in [0.15, 0.2) is 85.2 Å². The van der Waals surface area contributed by atoms with E-state index in [9.17, 15) is 19.4 Å². The lowest BCUT2D eigenvalue weighted by Crippen LogP contribution is -2.58. The van der Waals surface area contributed by atoms with Crippen molar-refractivity contribution in [3.05, 3.63) is 113 Å². The number of carbonyl (C=O) groups excluding carboxylic acids is 1. The highest BCUT2D eigenvalue weighted by molar-refractivity contribution is 8.00. The molecule has 1 aromatic heterocycles. The van der Waals surface area contributed by atoms with Crippen LogP contribution in [-0.4, -0.2) is 32.1 Å². The first-order valence-corrected chi connectivity index (χ1v) is 13.1. The van der Waals surface area contributed by atoms with Crippen LogP contribution in [0, 0.1) is 25.1 Å². The zero-order valence-corrected chi connectivity index (χ0v) is 21.4. The molecule has 7 heteroatoms. The zero-order valence-electron chi connectivity index (χ0n) is 20.6. The zero-order chi connectivity index (χ0) is 26.8.